The highest BCUT2D eigenvalue weighted by atomic mass is 16.4. The van der Waals surface area contributed by atoms with E-state index in [4.69, 9.17) is 5.11 Å². The molecule has 0 bridgehead atoms. The van der Waals surface area contributed by atoms with Gasteiger partial charge in [-0.15, -0.1) is 0 Å². The molecule has 5 heteroatoms. The van der Waals surface area contributed by atoms with Crippen molar-refractivity contribution in [3.63, 3.8) is 0 Å². The molecule has 1 aromatic heterocycles. The van der Waals surface area contributed by atoms with Gasteiger partial charge >= 0.3 is 5.97 Å². The lowest BCUT2D eigenvalue weighted by Gasteiger charge is -2.26. The molecule has 110 valence electrons. The predicted octanol–water partition coefficient (Wildman–Crippen LogP) is 2.29. The lowest BCUT2D eigenvalue weighted by Crippen LogP contribution is -2.34. The van der Waals surface area contributed by atoms with Gasteiger partial charge in [0.25, 0.3) is 0 Å². The molecule has 1 aromatic rings. The summed E-state index contributed by atoms with van der Waals surface area (Å²) in [7, 11) is 0. The Balaban J connectivity index is 2.34. The van der Waals surface area contributed by atoms with E-state index in [0.717, 1.165) is 42.8 Å². The van der Waals surface area contributed by atoms with Crippen LogP contribution < -0.4 is 4.90 Å². The number of fused-ring (bicyclic) bond motifs is 1. The van der Waals surface area contributed by atoms with E-state index in [1.165, 1.54) is 6.42 Å². The number of aliphatic carboxylic acids is 1. The molecule has 0 aromatic carbocycles. The Morgan fingerprint density at radius 2 is 2.05 bits per heavy atom. The first-order valence-electron chi connectivity index (χ1n) is 7.37. The minimum atomic E-state index is -0.813. The Morgan fingerprint density at radius 3 is 2.75 bits per heavy atom. The first-order valence-corrected chi connectivity index (χ1v) is 7.37. The molecule has 1 aliphatic carbocycles. The van der Waals surface area contributed by atoms with Gasteiger partial charge < -0.3 is 10.0 Å². The van der Waals surface area contributed by atoms with E-state index < -0.39 is 5.97 Å². The van der Waals surface area contributed by atoms with Gasteiger partial charge in [-0.25, -0.2) is 9.97 Å². The summed E-state index contributed by atoms with van der Waals surface area (Å²) in [6.07, 6.45) is 7.02. The third-order valence-electron chi connectivity index (χ3n) is 3.56. The van der Waals surface area contributed by atoms with E-state index in [9.17, 15) is 4.79 Å². The van der Waals surface area contributed by atoms with Crippen LogP contribution in [-0.4, -0.2) is 34.1 Å². The van der Waals surface area contributed by atoms with Gasteiger partial charge in [0.2, 0.25) is 0 Å². The van der Waals surface area contributed by atoms with Crippen molar-refractivity contribution < 1.29 is 9.90 Å². The van der Waals surface area contributed by atoms with Crippen molar-refractivity contribution in [3.05, 3.63) is 17.6 Å². The first kappa shape index (κ1) is 14.8. The van der Waals surface area contributed by atoms with E-state index >= 15 is 0 Å². The maximum atomic E-state index is 11.1. The Morgan fingerprint density at radius 1 is 1.30 bits per heavy atom. The maximum absolute atomic E-state index is 11.1. The molecule has 0 saturated carbocycles. The number of hydrogen-bond donors (Lipinski definition) is 1. The fraction of sp³-hybridized carbons (Fsp3) is 0.667. The zero-order valence-electron chi connectivity index (χ0n) is 12.3. The molecule has 1 N–H and O–H groups in total. The van der Waals surface area contributed by atoms with Crippen LogP contribution >= 0.6 is 0 Å². The van der Waals surface area contributed by atoms with Crippen LogP contribution in [0.1, 0.15) is 44.4 Å². The fourth-order valence-corrected chi connectivity index (χ4v) is 2.78. The molecule has 2 rings (SSSR count). The van der Waals surface area contributed by atoms with E-state index in [-0.39, 0.29) is 6.54 Å². The van der Waals surface area contributed by atoms with Gasteiger partial charge in [0, 0.05) is 17.8 Å². The molecule has 0 amide bonds. The van der Waals surface area contributed by atoms with Gasteiger partial charge in [0.1, 0.15) is 18.7 Å². The van der Waals surface area contributed by atoms with E-state index in [1.54, 1.807) is 6.33 Å². The second kappa shape index (κ2) is 6.68. The molecular weight excluding hydrogens is 254 g/mol. The third kappa shape index (κ3) is 3.68. The maximum Gasteiger partial charge on any atom is 0.323 e. The number of carbonyl (C=O) groups is 1. The van der Waals surface area contributed by atoms with E-state index in [0.29, 0.717) is 12.5 Å². The van der Waals surface area contributed by atoms with Crippen LogP contribution in [0.25, 0.3) is 0 Å². The van der Waals surface area contributed by atoms with Crippen molar-refractivity contribution in [1.29, 1.82) is 0 Å². The molecule has 0 spiro atoms. The lowest BCUT2D eigenvalue weighted by molar-refractivity contribution is -0.135. The molecule has 0 atom stereocenters. The van der Waals surface area contributed by atoms with Crippen molar-refractivity contribution in [1.82, 2.24) is 9.97 Å². The lowest BCUT2D eigenvalue weighted by atomic mass is 10.1. The molecule has 1 aliphatic rings. The zero-order chi connectivity index (χ0) is 14.5. The van der Waals surface area contributed by atoms with Gasteiger partial charge in [-0.3, -0.25) is 4.79 Å². The number of rotatable bonds is 5. The number of aromatic nitrogens is 2. The largest absolute Gasteiger partial charge is 0.480 e. The second-order valence-electron chi connectivity index (χ2n) is 5.85. The number of nitrogens with zero attached hydrogens (tertiary/aromatic N) is 3. The van der Waals surface area contributed by atoms with Crippen LogP contribution in [0.2, 0.25) is 0 Å². The molecule has 5 nitrogen and oxygen atoms in total. The van der Waals surface area contributed by atoms with Crippen molar-refractivity contribution in [3.8, 4) is 0 Å². The summed E-state index contributed by atoms with van der Waals surface area (Å²) in [6, 6.07) is 0. The summed E-state index contributed by atoms with van der Waals surface area (Å²) < 4.78 is 0. The van der Waals surface area contributed by atoms with Gasteiger partial charge in [-0.05, 0) is 31.6 Å². The highest BCUT2D eigenvalue weighted by Crippen LogP contribution is 2.26. The highest BCUT2D eigenvalue weighted by Gasteiger charge is 2.21. The van der Waals surface area contributed by atoms with Gasteiger partial charge in [-0.2, -0.15) is 0 Å². The Labute approximate surface area is 120 Å². The smallest absolute Gasteiger partial charge is 0.323 e. The number of anilines is 1. The number of aryl methyl sites for hydroxylation is 1. The van der Waals surface area contributed by atoms with Gasteiger partial charge in [-0.1, -0.05) is 20.3 Å². The normalized spacial score (nSPS) is 14.8. The topological polar surface area (TPSA) is 66.3 Å². The third-order valence-corrected chi connectivity index (χ3v) is 3.56. The Bertz CT molecular complexity index is 474. The summed E-state index contributed by atoms with van der Waals surface area (Å²) in [6.45, 7) is 4.89. The molecule has 20 heavy (non-hydrogen) atoms. The second-order valence-corrected chi connectivity index (χ2v) is 5.85. The average Bonchev–Trinajstić information content (AvgIpc) is 2.61. The molecule has 0 unspecified atom stereocenters. The summed E-state index contributed by atoms with van der Waals surface area (Å²) in [4.78, 5) is 21.8. The monoisotopic (exact) mass is 277 g/mol. The average molecular weight is 277 g/mol. The fourth-order valence-electron chi connectivity index (χ4n) is 2.78. The van der Waals surface area contributed by atoms with Crippen LogP contribution in [0, 0.1) is 5.92 Å². The molecule has 1 heterocycles. The number of hydrogen-bond acceptors (Lipinski definition) is 4. The summed E-state index contributed by atoms with van der Waals surface area (Å²) in [5.41, 5.74) is 2.26. The predicted molar refractivity (Wildman–Crippen MR) is 78.0 cm³/mol. The summed E-state index contributed by atoms with van der Waals surface area (Å²) >= 11 is 0. The number of carboxylic acids is 1. The first-order chi connectivity index (χ1) is 9.58. The molecule has 0 fully saturated rings. The van der Waals surface area contributed by atoms with Crippen molar-refractivity contribution in [2.45, 2.75) is 46.0 Å². The van der Waals surface area contributed by atoms with E-state index in [1.807, 2.05) is 4.90 Å². The minimum absolute atomic E-state index is 0.00162. The van der Waals surface area contributed by atoms with Crippen molar-refractivity contribution >= 4 is 11.8 Å². The van der Waals surface area contributed by atoms with Gasteiger partial charge in [0.05, 0.1) is 0 Å². The molecule has 0 saturated heterocycles. The minimum Gasteiger partial charge on any atom is -0.480 e. The van der Waals surface area contributed by atoms with Crippen molar-refractivity contribution in [2.24, 2.45) is 5.92 Å². The van der Waals surface area contributed by atoms with Gasteiger partial charge in [0.15, 0.2) is 0 Å². The van der Waals surface area contributed by atoms with Crippen LogP contribution in [-0.2, 0) is 17.6 Å². The van der Waals surface area contributed by atoms with Crippen LogP contribution in [0.3, 0.4) is 0 Å². The molecular formula is C15H23N3O2. The highest BCUT2D eigenvalue weighted by molar-refractivity contribution is 5.73. The standard InChI is InChI=1S/C15H23N3O2/c1-11(2)8-18(9-14(19)20)15-12-6-4-3-5-7-13(12)16-10-17-15/h10-11H,3-9H2,1-2H3,(H,19,20). The summed E-state index contributed by atoms with van der Waals surface area (Å²) in [5.74, 6) is 0.408. The SMILES string of the molecule is CC(C)CN(CC(=O)O)c1ncnc2c1CCCCC2. The summed E-state index contributed by atoms with van der Waals surface area (Å²) in [5, 5.41) is 9.13. The molecule has 0 radical (unpaired) electrons. The quantitative estimate of drug-likeness (QED) is 0.836. The van der Waals surface area contributed by atoms with Crippen LogP contribution in [0.5, 0.6) is 0 Å². The van der Waals surface area contributed by atoms with Crippen molar-refractivity contribution in [2.75, 3.05) is 18.0 Å². The Kier molecular flexibility index (Phi) is 4.93. The van der Waals surface area contributed by atoms with Crippen LogP contribution in [0.4, 0.5) is 5.82 Å². The molecule has 0 aliphatic heterocycles. The number of carboxylic acid groups (broad SMARTS) is 1. The Hall–Kier alpha value is -1.65. The van der Waals surface area contributed by atoms with E-state index in [2.05, 4.69) is 23.8 Å². The zero-order valence-corrected chi connectivity index (χ0v) is 12.3. The van der Waals surface area contributed by atoms with Crippen LogP contribution in [0.15, 0.2) is 6.33 Å².